The van der Waals surface area contributed by atoms with Gasteiger partial charge in [0.1, 0.15) is 34.5 Å². The number of benzene rings is 1. The molecule has 1 fully saturated rings. The molecule has 1 atom stereocenters. The van der Waals surface area contributed by atoms with Gasteiger partial charge < -0.3 is 16.0 Å². The highest BCUT2D eigenvalue weighted by Crippen LogP contribution is 2.37. The van der Waals surface area contributed by atoms with Crippen LogP contribution >= 0.6 is 0 Å². The zero-order chi connectivity index (χ0) is 28.6. The van der Waals surface area contributed by atoms with Crippen molar-refractivity contribution < 1.29 is 27.2 Å². The molecule has 40 heavy (non-hydrogen) atoms. The molecule has 9 nitrogen and oxygen atoms in total. The fourth-order valence-corrected chi connectivity index (χ4v) is 4.75. The normalized spacial score (nSPS) is 15.3. The molecule has 2 amide bonds. The molecule has 3 N–H and O–H groups in total. The molecule has 0 spiro atoms. The van der Waals surface area contributed by atoms with Crippen molar-refractivity contribution in [1.82, 2.24) is 24.3 Å². The van der Waals surface area contributed by atoms with E-state index < -0.39 is 35.1 Å². The third-order valence-corrected chi connectivity index (χ3v) is 6.55. The summed E-state index contributed by atoms with van der Waals surface area (Å²) in [6.45, 7) is 0.509. The Morgan fingerprint density at radius 3 is 2.70 bits per heavy atom. The van der Waals surface area contributed by atoms with Gasteiger partial charge >= 0.3 is 6.18 Å². The van der Waals surface area contributed by atoms with E-state index >= 15 is 4.39 Å². The van der Waals surface area contributed by atoms with Gasteiger partial charge in [-0.05, 0) is 37.1 Å². The van der Waals surface area contributed by atoms with Crippen LogP contribution in [0.15, 0.2) is 48.9 Å². The summed E-state index contributed by atoms with van der Waals surface area (Å²) in [5, 5.41) is 2.19. The summed E-state index contributed by atoms with van der Waals surface area (Å²) in [6, 6.07) is 4.71. The Bertz CT molecular complexity index is 1680. The molecule has 1 unspecified atom stereocenters. The number of halogens is 4. The Labute approximate surface area is 225 Å². The lowest BCUT2D eigenvalue weighted by molar-refractivity contribution is -0.137. The van der Waals surface area contributed by atoms with Crippen molar-refractivity contribution in [2.45, 2.75) is 31.5 Å². The average Bonchev–Trinajstić information content (AvgIpc) is 3.54. The van der Waals surface area contributed by atoms with Crippen molar-refractivity contribution in [2.24, 2.45) is 0 Å². The number of hydrogen-bond acceptors (Lipinski definition) is 6. The van der Waals surface area contributed by atoms with Gasteiger partial charge in [-0.15, -0.1) is 6.42 Å². The number of rotatable bonds is 5. The van der Waals surface area contributed by atoms with Crippen LogP contribution in [0.25, 0.3) is 16.8 Å². The predicted octanol–water partition coefficient (Wildman–Crippen LogP) is 4.47. The highest BCUT2D eigenvalue weighted by molar-refractivity contribution is 6.04. The Hall–Kier alpha value is -4.99. The lowest BCUT2D eigenvalue weighted by Gasteiger charge is -2.23. The number of nitrogens with zero attached hydrogens (tertiary/aromatic N) is 5. The van der Waals surface area contributed by atoms with Gasteiger partial charge in [0.15, 0.2) is 0 Å². The summed E-state index contributed by atoms with van der Waals surface area (Å²) in [4.78, 5) is 39.5. The molecule has 1 aliphatic heterocycles. The first kappa shape index (κ1) is 26.6. The van der Waals surface area contributed by atoms with Gasteiger partial charge in [-0.2, -0.15) is 13.2 Å². The first-order valence-corrected chi connectivity index (χ1v) is 12.1. The summed E-state index contributed by atoms with van der Waals surface area (Å²) in [6.07, 6.45) is 6.03. The zero-order valence-corrected chi connectivity index (χ0v) is 20.7. The largest absolute Gasteiger partial charge is 0.416 e. The van der Waals surface area contributed by atoms with Crippen LogP contribution in [0.3, 0.4) is 0 Å². The quantitative estimate of drug-likeness (QED) is 0.279. The number of fused-ring (bicyclic) bond motifs is 1. The smallest absolute Gasteiger partial charge is 0.382 e. The summed E-state index contributed by atoms with van der Waals surface area (Å²) < 4.78 is 55.9. The third-order valence-electron chi connectivity index (χ3n) is 6.55. The van der Waals surface area contributed by atoms with Gasteiger partial charge in [-0.1, -0.05) is 12.0 Å². The second kappa shape index (κ2) is 10.3. The summed E-state index contributed by atoms with van der Waals surface area (Å²) in [5.74, 6) is 0.462. The molecule has 4 aromatic rings. The Morgan fingerprint density at radius 1 is 1.18 bits per heavy atom. The summed E-state index contributed by atoms with van der Waals surface area (Å²) in [7, 11) is 0. The number of carbonyl (C=O) groups excluding carboxylic acids is 2. The van der Waals surface area contributed by atoms with E-state index in [9.17, 15) is 22.8 Å². The number of terminal acetylenes is 1. The number of alkyl halides is 3. The minimum Gasteiger partial charge on any atom is -0.382 e. The minimum absolute atomic E-state index is 0.0544. The second-order valence-electron chi connectivity index (χ2n) is 9.05. The van der Waals surface area contributed by atoms with Crippen molar-refractivity contribution in [1.29, 1.82) is 0 Å². The van der Waals surface area contributed by atoms with Crippen LogP contribution in [0.5, 0.6) is 0 Å². The van der Waals surface area contributed by atoms with E-state index in [1.54, 1.807) is 15.5 Å². The van der Waals surface area contributed by atoms with E-state index in [0.29, 0.717) is 30.4 Å². The van der Waals surface area contributed by atoms with E-state index in [2.05, 4.69) is 21.2 Å². The third kappa shape index (κ3) is 4.91. The topological polar surface area (TPSA) is 119 Å². The van der Waals surface area contributed by atoms with Gasteiger partial charge in [0.2, 0.25) is 5.91 Å². The number of hydrogen-bond donors (Lipinski definition) is 2. The molecular weight excluding hydrogens is 530 g/mol. The van der Waals surface area contributed by atoms with Crippen molar-refractivity contribution in [3.8, 4) is 23.6 Å². The maximum Gasteiger partial charge on any atom is 0.416 e. The molecule has 0 bridgehead atoms. The van der Waals surface area contributed by atoms with Crippen LogP contribution in [0.2, 0.25) is 0 Å². The molecule has 4 heterocycles. The molecule has 204 valence electrons. The van der Waals surface area contributed by atoms with Gasteiger partial charge in [-0.25, -0.2) is 19.3 Å². The van der Waals surface area contributed by atoms with Crippen LogP contribution in [-0.2, 0) is 11.0 Å². The Kier molecular flexibility index (Phi) is 6.85. The molecule has 3 aromatic heterocycles. The number of likely N-dealkylation sites (tertiary alicyclic amines) is 1. The number of pyridine rings is 1. The number of aromatic nitrogens is 4. The van der Waals surface area contributed by atoms with Crippen LogP contribution in [0.1, 0.15) is 47.1 Å². The highest BCUT2D eigenvalue weighted by Gasteiger charge is 2.34. The van der Waals surface area contributed by atoms with E-state index in [1.807, 2.05) is 0 Å². The van der Waals surface area contributed by atoms with E-state index in [0.717, 1.165) is 24.8 Å². The molecule has 0 radical (unpaired) electrons. The minimum atomic E-state index is -4.64. The molecule has 5 rings (SSSR count). The monoisotopic (exact) mass is 551 g/mol. The molecule has 1 saturated heterocycles. The average molecular weight is 552 g/mol. The Balaban J connectivity index is 1.49. The number of nitrogens with one attached hydrogen (secondary N) is 1. The van der Waals surface area contributed by atoms with Gasteiger partial charge in [0.05, 0.1) is 23.6 Å². The first-order valence-electron chi connectivity index (χ1n) is 12.1. The standard InChI is InChI=1S/C27H21F4N7O2/c1-2-4-21(39)37-11-3-5-19(37)25-36-22(23-24(32)34-10-12-38(23)25)15-6-7-17(18(28)13-15)26(40)35-20-14-16(8-9-33-20)27(29,30)31/h1,6-10,12-14,19H,3-5,11H2,(H2,32,34)(H,33,35,40). The lowest BCUT2D eigenvalue weighted by Crippen LogP contribution is -2.31. The van der Waals surface area contributed by atoms with Crippen LogP contribution in [-0.4, -0.2) is 42.6 Å². The number of anilines is 2. The number of amides is 2. The van der Waals surface area contributed by atoms with Gasteiger partial charge in [0.25, 0.3) is 5.91 Å². The number of imidazole rings is 1. The van der Waals surface area contributed by atoms with E-state index in [4.69, 9.17) is 17.1 Å². The van der Waals surface area contributed by atoms with Gasteiger partial charge in [0, 0.05) is 30.7 Å². The van der Waals surface area contributed by atoms with E-state index in [1.165, 1.54) is 18.3 Å². The predicted molar refractivity (Wildman–Crippen MR) is 137 cm³/mol. The van der Waals surface area contributed by atoms with Crippen molar-refractivity contribution >= 4 is 29.0 Å². The maximum absolute atomic E-state index is 15.2. The van der Waals surface area contributed by atoms with Crippen molar-refractivity contribution in [3.05, 3.63) is 71.7 Å². The maximum atomic E-state index is 15.2. The van der Waals surface area contributed by atoms with Crippen molar-refractivity contribution in [3.63, 3.8) is 0 Å². The molecule has 0 saturated carbocycles. The number of carbonyl (C=O) groups is 2. The Morgan fingerprint density at radius 2 is 1.98 bits per heavy atom. The first-order chi connectivity index (χ1) is 19.1. The van der Waals surface area contributed by atoms with Crippen molar-refractivity contribution in [2.75, 3.05) is 17.6 Å². The van der Waals surface area contributed by atoms with Crippen LogP contribution in [0.4, 0.5) is 29.2 Å². The van der Waals surface area contributed by atoms with Gasteiger partial charge in [-0.3, -0.25) is 14.0 Å². The van der Waals surface area contributed by atoms with E-state index in [-0.39, 0.29) is 35.2 Å². The van der Waals surface area contributed by atoms with Crippen LogP contribution in [0, 0.1) is 18.2 Å². The number of nitrogen functional groups attached to an aromatic ring is 1. The fourth-order valence-electron chi connectivity index (χ4n) is 4.75. The molecule has 1 aliphatic rings. The lowest BCUT2D eigenvalue weighted by atomic mass is 10.1. The summed E-state index contributed by atoms with van der Waals surface area (Å²) >= 11 is 0. The second-order valence-corrected chi connectivity index (χ2v) is 9.05. The highest BCUT2D eigenvalue weighted by atomic mass is 19.4. The zero-order valence-electron chi connectivity index (χ0n) is 20.7. The van der Waals surface area contributed by atoms with Crippen LogP contribution < -0.4 is 11.1 Å². The molecular formula is C27H21F4N7O2. The molecule has 0 aliphatic carbocycles. The summed E-state index contributed by atoms with van der Waals surface area (Å²) in [5.41, 5.74) is 5.68. The SMILES string of the molecule is C#CCC(=O)N1CCCC1c1nc(-c2ccc(C(=O)Nc3cc(C(F)(F)F)ccn3)c(F)c2)c2c(N)nccn12. The molecule has 1 aromatic carbocycles. The molecule has 13 heteroatoms. The number of nitrogens with two attached hydrogens (primary N) is 1. The fraction of sp³-hybridized carbons (Fsp3) is 0.222.